The first-order valence-electron chi connectivity index (χ1n) is 12.1. The summed E-state index contributed by atoms with van der Waals surface area (Å²) in [4.78, 5) is 63.9. The number of Topliss-reactive ketones (excluding diaryl/α,β-unsaturated/α-hetero) is 2. The van der Waals surface area contributed by atoms with Crippen LogP contribution in [0.5, 0.6) is 5.75 Å². The summed E-state index contributed by atoms with van der Waals surface area (Å²) in [5.41, 5.74) is -2.36. The number of phenolic OH excluding ortho intramolecular Hbond substituents is 1. The van der Waals surface area contributed by atoms with Crippen LogP contribution in [0.3, 0.4) is 0 Å². The number of hydrogen-bond acceptors (Lipinski definition) is 11. The van der Waals surface area contributed by atoms with E-state index in [0.29, 0.717) is 6.20 Å². The number of aliphatic hydroxyl groups excluding tert-OH is 2. The molecular formula is C26H27FN4O10. The van der Waals surface area contributed by atoms with Crippen molar-refractivity contribution in [3.05, 3.63) is 84.8 Å². The molecular weight excluding hydrogens is 547 g/mol. The average Bonchev–Trinajstić information content (AvgIpc) is 2.87. The minimum atomic E-state index is -2.75. The van der Waals surface area contributed by atoms with Gasteiger partial charge in [0.05, 0.1) is 17.2 Å². The molecule has 1 aromatic carbocycles. The fraction of sp³-hybridized carbons (Fsp3) is 0.346. The molecule has 5 atom stereocenters. The summed E-state index contributed by atoms with van der Waals surface area (Å²) in [6, 6.07) is 3.05. The average molecular weight is 575 g/mol. The molecule has 5 rings (SSSR count). The topological polar surface area (TPSA) is 247 Å². The number of aromatic nitrogens is 2. The van der Waals surface area contributed by atoms with E-state index in [1.807, 2.05) is 4.98 Å². The summed E-state index contributed by atoms with van der Waals surface area (Å²) in [5, 5.41) is 55.0. The second-order valence-electron chi connectivity index (χ2n) is 10.4. The Balaban J connectivity index is 0.000000367. The molecule has 1 aromatic heterocycles. The zero-order valence-corrected chi connectivity index (χ0v) is 21.9. The number of nitrogens with one attached hydrogen (secondary N) is 2. The molecule has 218 valence electrons. The number of rotatable bonds is 2. The van der Waals surface area contributed by atoms with E-state index >= 15 is 0 Å². The number of halogens is 1. The number of aromatic amines is 2. The summed E-state index contributed by atoms with van der Waals surface area (Å²) >= 11 is 0. The predicted molar refractivity (Wildman–Crippen MR) is 137 cm³/mol. The first-order valence-corrected chi connectivity index (χ1v) is 12.1. The normalized spacial score (nSPS) is 28.9. The van der Waals surface area contributed by atoms with Crippen molar-refractivity contribution in [3.8, 4) is 5.75 Å². The summed E-state index contributed by atoms with van der Waals surface area (Å²) in [6.45, 7) is 1.40. The maximum absolute atomic E-state index is 13.3. The number of H-pyrrole nitrogens is 2. The van der Waals surface area contributed by atoms with Crippen LogP contribution in [0.15, 0.2) is 56.6 Å². The number of nitrogens with zero attached hydrogens (tertiary/aromatic N) is 1. The van der Waals surface area contributed by atoms with Crippen molar-refractivity contribution in [3.63, 3.8) is 0 Å². The number of aliphatic hydroxyl groups is 4. The largest absolute Gasteiger partial charge is 0.510 e. The van der Waals surface area contributed by atoms with Crippen LogP contribution in [0.25, 0.3) is 0 Å². The number of fused-ring (bicyclic) bond motifs is 3. The van der Waals surface area contributed by atoms with Crippen molar-refractivity contribution < 1.29 is 44.3 Å². The standard InChI is InChI=1S/C22H24N2O8.C4H3FN2O2/c1-21(31)8-5-4-6-11(25)12(8)16(26)13-9(21)7-10-15(24(2)3)17(27)14(20(23)30)19(29)22(10,32)18(13)28;5-2-1-6-4(9)7-3(2)8/h4-6,9-10,15,25,27-28,31-32H,7H2,1-3H3,(H2,23,30);1H,(H2,6,7,8,9)/t9-,10-,15-,21+,22-;/m0./s1. The van der Waals surface area contributed by atoms with Gasteiger partial charge in [-0.05, 0) is 39.1 Å². The van der Waals surface area contributed by atoms with Crippen LogP contribution in [0.1, 0.15) is 29.3 Å². The summed E-state index contributed by atoms with van der Waals surface area (Å²) < 4.78 is 12.0. The van der Waals surface area contributed by atoms with Gasteiger partial charge in [0.15, 0.2) is 11.4 Å². The first-order chi connectivity index (χ1) is 19.0. The molecule has 3 aliphatic rings. The van der Waals surface area contributed by atoms with Gasteiger partial charge < -0.3 is 36.3 Å². The molecule has 0 saturated heterocycles. The minimum Gasteiger partial charge on any atom is -0.510 e. The van der Waals surface area contributed by atoms with Crippen molar-refractivity contribution in [2.75, 3.05) is 14.1 Å². The van der Waals surface area contributed by atoms with Gasteiger partial charge in [-0.3, -0.25) is 29.1 Å². The second-order valence-corrected chi connectivity index (χ2v) is 10.4. The third kappa shape index (κ3) is 4.25. The van der Waals surface area contributed by atoms with E-state index in [2.05, 4.69) is 0 Å². The maximum Gasteiger partial charge on any atom is 0.325 e. The summed E-state index contributed by atoms with van der Waals surface area (Å²) in [7, 11) is 3.06. The van der Waals surface area contributed by atoms with Crippen LogP contribution >= 0.6 is 0 Å². The molecule has 0 spiro atoms. The molecule has 41 heavy (non-hydrogen) atoms. The van der Waals surface area contributed by atoms with Crippen LogP contribution in [-0.2, 0) is 15.2 Å². The number of phenols is 1. The Morgan fingerprint density at radius 2 is 1.76 bits per heavy atom. The zero-order valence-electron chi connectivity index (χ0n) is 21.9. The summed E-state index contributed by atoms with van der Waals surface area (Å²) in [5.74, 6) is -8.88. The molecule has 0 radical (unpaired) electrons. The third-order valence-corrected chi connectivity index (χ3v) is 7.80. The van der Waals surface area contributed by atoms with Crippen molar-refractivity contribution in [2.24, 2.45) is 17.6 Å². The molecule has 0 aliphatic heterocycles. The third-order valence-electron chi connectivity index (χ3n) is 7.80. The van der Waals surface area contributed by atoms with E-state index in [1.54, 1.807) is 4.98 Å². The van der Waals surface area contributed by atoms with Crippen molar-refractivity contribution in [2.45, 2.75) is 30.6 Å². The van der Waals surface area contributed by atoms with Gasteiger partial charge in [0.2, 0.25) is 11.6 Å². The first kappa shape index (κ1) is 29.4. The number of ketones is 2. The Bertz CT molecular complexity index is 1670. The van der Waals surface area contributed by atoms with E-state index in [0.717, 1.165) is 0 Å². The number of carbonyl (C=O) groups is 3. The maximum atomic E-state index is 13.3. The quantitative estimate of drug-likeness (QED) is 0.202. The van der Waals surface area contributed by atoms with E-state index in [1.165, 1.54) is 44.1 Å². The Morgan fingerprint density at radius 3 is 2.29 bits per heavy atom. The van der Waals surface area contributed by atoms with Crippen LogP contribution in [0.4, 0.5) is 4.39 Å². The molecule has 0 unspecified atom stereocenters. The van der Waals surface area contributed by atoms with Gasteiger partial charge in [-0.15, -0.1) is 0 Å². The van der Waals surface area contributed by atoms with Crippen molar-refractivity contribution in [1.29, 1.82) is 0 Å². The van der Waals surface area contributed by atoms with Gasteiger partial charge in [0, 0.05) is 23.6 Å². The fourth-order valence-electron chi connectivity index (χ4n) is 5.90. The molecule has 0 bridgehead atoms. The van der Waals surface area contributed by atoms with Crippen molar-refractivity contribution >= 4 is 17.5 Å². The van der Waals surface area contributed by atoms with E-state index in [4.69, 9.17) is 5.73 Å². The number of carbonyl (C=O) groups excluding carboxylic acids is 3. The number of nitrogens with two attached hydrogens (primary N) is 1. The molecule has 9 N–H and O–H groups in total. The Labute approximate surface area is 229 Å². The minimum absolute atomic E-state index is 0.135. The summed E-state index contributed by atoms with van der Waals surface area (Å²) in [6.07, 6.45) is 0.510. The molecule has 0 fully saturated rings. The van der Waals surface area contributed by atoms with Crippen LogP contribution in [-0.4, -0.2) is 83.6 Å². The van der Waals surface area contributed by atoms with Crippen molar-refractivity contribution in [1.82, 2.24) is 14.9 Å². The lowest BCUT2D eigenvalue weighted by Crippen LogP contribution is -2.65. The molecule has 2 aromatic rings. The molecule has 0 saturated carbocycles. The lowest BCUT2D eigenvalue weighted by Gasteiger charge is -2.52. The predicted octanol–water partition coefficient (Wildman–Crippen LogP) is -1.01. The lowest BCUT2D eigenvalue weighted by atomic mass is 9.55. The molecule has 1 heterocycles. The van der Waals surface area contributed by atoms with Crippen LogP contribution < -0.4 is 17.0 Å². The number of hydrogen-bond donors (Lipinski definition) is 8. The highest BCUT2D eigenvalue weighted by atomic mass is 19.1. The number of primary amides is 1. The van der Waals surface area contributed by atoms with Crippen LogP contribution in [0, 0.1) is 17.7 Å². The number of amides is 1. The number of aromatic hydroxyl groups is 1. The smallest absolute Gasteiger partial charge is 0.325 e. The van der Waals surface area contributed by atoms with Gasteiger partial charge in [-0.2, -0.15) is 4.39 Å². The highest BCUT2D eigenvalue weighted by molar-refractivity contribution is 6.24. The molecule has 14 nitrogen and oxygen atoms in total. The monoisotopic (exact) mass is 574 g/mol. The molecule has 15 heteroatoms. The van der Waals surface area contributed by atoms with Crippen LogP contribution in [0.2, 0.25) is 0 Å². The fourth-order valence-corrected chi connectivity index (χ4v) is 5.90. The highest BCUT2D eigenvalue weighted by Crippen LogP contribution is 2.56. The van der Waals surface area contributed by atoms with E-state index in [-0.39, 0.29) is 17.5 Å². The molecule has 1 amide bonds. The highest BCUT2D eigenvalue weighted by Gasteiger charge is 2.65. The van der Waals surface area contributed by atoms with E-state index in [9.17, 15) is 53.9 Å². The lowest BCUT2D eigenvalue weighted by molar-refractivity contribution is -0.151. The SMILES string of the molecule is CN(C)[C@@H]1C(O)=C(C(N)=O)C(=O)[C@@]2(O)C(O)=C3C(=O)c4c(O)cccc4[C@@](C)(O)[C@H]3C[C@@H]12.O=c1[nH]cc(F)c(=O)[nH]1. The Morgan fingerprint density at radius 1 is 1.12 bits per heavy atom. The zero-order chi connectivity index (χ0) is 30.8. The van der Waals surface area contributed by atoms with Gasteiger partial charge in [0.25, 0.3) is 11.5 Å². The van der Waals surface area contributed by atoms with Gasteiger partial charge in [0.1, 0.15) is 22.8 Å². The molecule has 3 aliphatic carbocycles. The second kappa shape index (κ2) is 9.79. The Kier molecular flexibility index (Phi) is 7.02. The van der Waals surface area contributed by atoms with Gasteiger partial charge in [-0.25, -0.2) is 4.79 Å². The Hall–Kier alpha value is -4.60. The van der Waals surface area contributed by atoms with E-state index < -0.39 is 92.0 Å². The number of benzene rings is 1. The number of likely N-dealkylation sites (N-methyl/N-ethyl adjacent to an activating group) is 1. The van der Waals surface area contributed by atoms with Gasteiger partial charge >= 0.3 is 5.69 Å². The van der Waals surface area contributed by atoms with Gasteiger partial charge in [-0.1, -0.05) is 12.1 Å².